The lowest BCUT2D eigenvalue weighted by Gasteiger charge is -2.28. The average Bonchev–Trinajstić information content (AvgIpc) is 2.16. The molecule has 0 spiro atoms. The van der Waals surface area contributed by atoms with Gasteiger partial charge < -0.3 is 5.11 Å². The van der Waals surface area contributed by atoms with Crippen LogP contribution in [0.1, 0.15) is 32.2 Å². The highest BCUT2D eigenvalue weighted by molar-refractivity contribution is 5.74. The number of nitrogens with zero attached hydrogens (tertiary/aromatic N) is 1. The number of rotatable bonds is 4. The highest BCUT2D eigenvalue weighted by atomic mass is 16.4. The summed E-state index contributed by atoms with van der Waals surface area (Å²) in [5.74, 6) is -0.682. The molecule has 0 aromatic carbocycles. The molecule has 0 aliphatic rings. The van der Waals surface area contributed by atoms with Crippen LogP contribution in [0.2, 0.25) is 0 Å². The zero-order valence-electron chi connectivity index (χ0n) is 10.3. The number of hydrogen-bond donors (Lipinski definition) is 1. The first-order chi connectivity index (χ1) is 7.36. The Balaban J connectivity index is 2.97. The van der Waals surface area contributed by atoms with E-state index in [0.29, 0.717) is 6.42 Å². The Hall–Kier alpha value is -1.38. The van der Waals surface area contributed by atoms with Crippen LogP contribution < -0.4 is 0 Å². The minimum absolute atomic E-state index is 0.0762. The molecule has 0 bridgehead atoms. The van der Waals surface area contributed by atoms with Crippen LogP contribution in [0.25, 0.3) is 0 Å². The molecule has 1 aromatic heterocycles. The van der Waals surface area contributed by atoms with E-state index in [9.17, 15) is 9.90 Å². The number of aliphatic carboxylic acids is 1. The SMILES string of the molecule is Cc1cccc(CC(C)(C(=O)O)C(C)C)n1. The number of pyridine rings is 1. The summed E-state index contributed by atoms with van der Waals surface area (Å²) in [6, 6.07) is 5.72. The van der Waals surface area contributed by atoms with Gasteiger partial charge in [0.2, 0.25) is 0 Å². The minimum atomic E-state index is -0.759. The molecule has 0 amide bonds. The van der Waals surface area contributed by atoms with E-state index in [2.05, 4.69) is 4.98 Å². The Morgan fingerprint density at radius 1 is 1.50 bits per heavy atom. The molecule has 1 heterocycles. The third-order valence-corrected chi connectivity index (χ3v) is 3.26. The minimum Gasteiger partial charge on any atom is -0.481 e. The molecule has 0 aliphatic carbocycles. The summed E-state index contributed by atoms with van der Waals surface area (Å²) in [5.41, 5.74) is 1.02. The summed E-state index contributed by atoms with van der Waals surface area (Å²) >= 11 is 0. The van der Waals surface area contributed by atoms with Crippen molar-refractivity contribution >= 4 is 5.97 Å². The first-order valence-electron chi connectivity index (χ1n) is 5.52. The van der Waals surface area contributed by atoms with Gasteiger partial charge in [-0.25, -0.2) is 0 Å². The fourth-order valence-corrected chi connectivity index (χ4v) is 1.60. The molecule has 88 valence electrons. The smallest absolute Gasteiger partial charge is 0.310 e. The molecule has 0 radical (unpaired) electrons. The van der Waals surface area contributed by atoms with E-state index in [0.717, 1.165) is 11.4 Å². The van der Waals surface area contributed by atoms with Gasteiger partial charge in [0.15, 0.2) is 0 Å². The zero-order chi connectivity index (χ0) is 12.3. The van der Waals surface area contributed by atoms with E-state index < -0.39 is 11.4 Å². The van der Waals surface area contributed by atoms with Crippen molar-refractivity contribution in [1.82, 2.24) is 4.98 Å². The molecule has 0 saturated heterocycles. The first-order valence-corrected chi connectivity index (χ1v) is 5.52. The molecule has 3 nitrogen and oxygen atoms in total. The van der Waals surface area contributed by atoms with E-state index in [1.165, 1.54) is 0 Å². The number of carbonyl (C=O) groups is 1. The molecule has 0 aliphatic heterocycles. The van der Waals surface area contributed by atoms with Gasteiger partial charge in [0.1, 0.15) is 0 Å². The summed E-state index contributed by atoms with van der Waals surface area (Å²) in [4.78, 5) is 15.7. The summed E-state index contributed by atoms with van der Waals surface area (Å²) < 4.78 is 0. The van der Waals surface area contributed by atoms with Gasteiger partial charge in [0, 0.05) is 17.8 Å². The molecular weight excluding hydrogens is 202 g/mol. The molecule has 1 unspecified atom stereocenters. The van der Waals surface area contributed by atoms with Gasteiger partial charge in [-0.2, -0.15) is 0 Å². The lowest BCUT2D eigenvalue weighted by Crippen LogP contribution is -2.35. The van der Waals surface area contributed by atoms with E-state index in [4.69, 9.17) is 0 Å². The van der Waals surface area contributed by atoms with Gasteiger partial charge in [-0.1, -0.05) is 19.9 Å². The van der Waals surface area contributed by atoms with E-state index in [-0.39, 0.29) is 5.92 Å². The Bertz CT molecular complexity index is 387. The second-order valence-corrected chi connectivity index (χ2v) is 4.82. The van der Waals surface area contributed by atoms with Crippen LogP contribution in [0, 0.1) is 18.3 Å². The molecule has 0 fully saturated rings. The predicted molar refractivity (Wildman–Crippen MR) is 63.3 cm³/mol. The third-order valence-electron chi connectivity index (χ3n) is 3.26. The molecule has 16 heavy (non-hydrogen) atoms. The van der Waals surface area contributed by atoms with Gasteiger partial charge in [0.05, 0.1) is 5.41 Å². The monoisotopic (exact) mass is 221 g/mol. The predicted octanol–water partition coefficient (Wildman–Crippen LogP) is 2.68. The van der Waals surface area contributed by atoms with Crippen molar-refractivity contribution in [3.8, 4) is 0 Å². The van der Waals surface area contributed by atoms with E-state index >= 15 is 0 Å². The van der Waals surface area contributed by atoms with Crippen LogP contribution in [-0.2, 0) is 11.2 Å². The standard InChI is InChI=1S/C13H19NO2/c1-9(2)13(4,12(15)16)8-11-7-5-6-10(3)14-11/h5-7,9H,8H2,1-4H3,(H,15,16). The molecule has 1 aromatic rings. The Labute approximate surface area is 96.5 Å². The fourth-order valence-electron chi connectivity index (χ4n) is 1.60. The summed E-state index contributed by atoms with van der Waals surface area (Å²) in [7, 11) is 0. The van der Waals surface area contributed by atoms with Crippen molar-refractivity contribution in [3.63, 3.8) is 0 Å². The van der Waals surface area contributed by atoms with E-state index in [1.807, 2.05) is 39.0 Å². The zero-order valence-corrected chi connectivity index (χ0v) is 10.3. The van der Waals surface area contributed by atoms with Crippen LogP contribution in [0.4, 0.5) is 0 Å². The molecule has 1 rings (SSSR count). The maximum Gasteiger partial charge on any atom is 0.310 e. The topological polar surface area (TPSA) is 50.2 Å². The Morgan fingerprint density at radius 2 is 2.12 bits per heavy atom. The van der Waals surface area contributed by atoms with Crippen molar-refractivity contribution < 1.29 is 9.90 Å². The lowest BCUT2D eigenvalue weighted by molar-refractivity contribution is -0.150. The summed E-state index contributed by atoms with van der Waals surface area (Å²) in [5, 5.41) is 9.31. The van der Waals surface area contributed by atoms with E-state index in [1.54, 1.807) is 6.92 Å². The third kappa shape index (κ3) is 2.60. The van der Waals surface area contributed by atoms with Crippen LogP contribution in [-0.4, -0.2) is 16.1 Å². The summed E-state index contributed by atoms with van der Waals surface area (Å²) in [6.45, 7) is 7.56. The molecule has 1 N–H and O–H groups in total. The van der Waals surface area contributed by atoms with Crippen LogP contribution in [0.5, 0.6) is 0 Å². The average molecular weight is 221 g/mol. The Kier molecular flexibility index (Phi) is 3.68. The van der Waals surface area contributed by atoms with Crippen molar-refractivity contribution in [2.75, 3.05) is 0 Å². The molecule has 1 atom stereocenters. The number of carboxylic acids is 1. The van der Waals surface area contributed by atoms with Crippen molar-refractivity contribution in [2.45, 2.75) is 34.1 Å². The van der Waals surface area contributed by atoms with Gasteiger partial charge >= 0.3 is 5.97 Å². The lowest BCUT2D eigenvalue weighted by atomic mass is 9.75. The van der Waals surface area contributed by atoms with Crippen molar-refractivity contribution in [1.29, 1.82) is 0 Å². The number of aromatic nitrogens is 1. The van der Waals surface area contributed by atoms with Gasteiger partial charge in [0.25, 0.3) is 0 Å². The van der Waals surface area contributed by atoms with Crippen molar-refractivity contribution in [3.05, 3.63) is 29.6 Å². The molecule has 0 saturated carbocycles. The molecular formula is C13H19NO2. The van der Waals surface area contributed by atoms with Crippen LogP contribution >= 0.6 is 0 Å². The first kappa shape index (κ1) is 12.7. The van der Waals surface area contributed by atoms with Gasteiger partial charge in [-0.05, 0) is 31.9 Å². The van der Waals surface area contributed by atoms with Crippen LogP contribution in [0.3, 0.4) is 0 Å². The second kappa shape index (κ2) is 4.64. The van der Waals surface area contributed by atoms with Gasteiger partial charge in [-0.15, -0.1) is 0 Å². The highest BCUT2D eigenvalue weighted by Gasteiger charge is 2.37. The highest BCUT2D eigenvalue weighted by Crippen LogP contribution is 2.31. The normalized spacial score (nSPS) is 14.8. The van der Waals surface area contributed by atoms with Crippen LogP contribution in [0.15, 0.2) is 18.2 Å². The fraction of sp³-hybridized carbons (Fsp3) is 0.538. The van der Waals surface area contributed by atoms with Gasteiger partial charge in [-0.3, -0.25) is 9.78 Å². The largest absolute Gasteiger partial charge is 0.481 e. The maximum absolute atomic E-state index is 11.3. The molecule has 3 heteroatoms. The van der Waals surface area contributed by atoms with Crippen molar-refractivity contribution in [2.24, 2.45) is 11.3 Å². The Morgan fingerprint density at radius 3 is 2.56 bits per heavy atom. The quantitative estimate of drug-likeness (QED) is 0.850. The maximum atomic E-state index is 11.3. The number of aryl methyl sites for hydroxylation is 1. The summed E-state index contributed by atoms with van der Waals surface area (Å²) in [6.07, 6.45) is 0.474. The second-order valence-electron chi connectivity index (χ2n) is 4.82. The number of carboxylic acid groups (broad SMARTS) is 1. The number of hydrogen-bond acceptors (Lipinski definition) is 2.